The van der Waals surface area contributed by atoms with Gasteiger partial charge in [-0.1, -0.05) is 13.8 Å². The maximum atomic E-state index is 12.8. The van der Waals surface area contributed by atoms with Gasteiger partial charge in [-0.05, 0) is 61.9 Å². The van der Waals surface area contributed by atoms with Gasteiger partial charge in [-0.3, -0.25) is 4.79 Å². The second kappa shape index (κ2) is 6.60. The molecule has 2 N–H and O–H groups in total. The van der Waals surface area contributed by atoms with Crippen LogP contribution in [0.2, 0.25) is 0 Å². The molecule has 0 spiro atoms. The molecule has 1 aliphatic rings. The first-order valence-corrected chi connectivity index (χ1v) is 8.90. The fraction of sp³-hybridized carbons (Fsp3) is 0.550. The van der Waals surface area contributed by atoms with E-state index in [1.165, 1.54) is 11.1 Å². The molecule has 24 heavy (non-hydrogen) atoms. The first-order chi connectivity index (χ1) is 11.4. The summed E-state index contributed by atoms with van der Waals surface area (Å²) in [5.41, 5.74) is 10.2. The lowest BCUT2D eigenvalue weighted by Gasteiger charge is -2.21. The van der Waals surface area contributed by atoms with Crippen molar-refractivity contribution in [2.24, 2.45) is 11.7 Å². The summed E-state index contributed by atoms with van der Waals surface area (Å²) in [4.78, 5) is 14.7. The monoisotopic (exact) mass is 328 g/mol. The molecule has 0 aliphatic carbocycles. The van der Waals surface area contributed by atoms with Crippen LogP contribution in [0.3, 0.4) is 0 Å². The Morgan fingerprint density at radius 3 is 2.79 bits per heavy atom. The van der Waals surface area contributed by atoms with Crippen molar-refractivity contribution < 1.29 is 9.21 Å². The van der Waals surface area contributed by atoms with Crippen molar-refractivity contribution in [3.63, 3.8) is 0 Å². The summed E-state index contributed by atoms with van der Waals surface area (Å²) >= 11 is 0. The number of carbonyl (C=O) groups excluding carboxylic acids is 1. The number of rotatable bonds is 4. The summed E-state index contributed by atoms with van der Waals surface area (Å²) in [6.07, 6.45) is 3.15. The Morgan fingerprint density at radius 2 is 2.17 bits per heavy atom. The molecule has 3 rings (SSSR count). The van der Waals surface area contributed by atoms with E-state index in [2.05, 4.69) is 39.8 Å². The molecule has 1 amide bonds. The zero-order chi connectivity index (χ0) is 17.4. The van der Waals surface area contributed by atoms with Gasteiger partial charge >= 0.3 is 0 Å². The van der Waals surface area contributed by atoms with E-state index in [-0.39, 0.29) is 11.9 Å². The number of likely N-dealkylation sites (tertiary alicyclic amines) is 1. The van der Waals surface area contributed by atoms with E-state index >= 15 is 0 Å². The summed E-state index contributed by atoms with van der Waals surface area (Å²) in [7, 11) is 0. The summed E-state index contributed by atoms with van der Waals surface area (Å²) in [5.74, 6) is 1.06. The van der Waals surface area contributed by atoms with E-state index in [1.54, 1.807) is 6.26 Å². The van der Waals surface area contributed by atoms with Crippen LogP contribution >= 0.6 is 0 Å². The minimum atomic E-state index is 0.174. The minimum absolute atomic E-state index is 0.174. The Balaban J connectivity index is 1.85. The van der Waals surface area contributed by atoms with Crippen LogP contribution in [0.5, 0.6) is 0 Å². The molecule has 1 fully saturated rings. The Bertz CT molecular complexity index is 747. The van der Waals surface area contributed by atoms with Gasteiger partial charge in [0, 0.05) is 23.5 Å². The molecule has 1 aromatic carbocycles. The molecule has 0 radical (unpaired) electrons. The second-order valence-corrected chi connectivity index (χ2v) is 7.53. The molecule has 2 heterocycles. The first-order valence-electron chi connectivity index (χ1n) is 8.90. The number of hydrogen-bond donors (Lipinski definition) is 1. The highest BCUT2D eigenvalue weighted by molar-refractivity contribution is 5.88. The number of carbonyl (C=O) groups is 1. The second-order valence-electron chi connectivity index (χ2n) is 7.53. The number of nitrogens with zero attached hydrogens (tertiary/aromatic N) is 1. The minimum Gasteiger partial charge on any atom is -0.464 e. The average molecular weight is 328 g/mol. The van der Waals surface area contributed by atoms with Crippen LogP contribution in [0.4, 0.5) is 0 Å². The molecule has 4 heteroatoms. The number of nitrogens with two attached hydrogens (primary N) is 1. The van der Waals surface area contributed by atoms with Crippen molar-refractivity contribution in [2.75, 3.05) is 13.1 Å². The molecular formula is C20H28N2O2. The third kappa shape index (κ3) is 3.07. The van der Waals surface area contributed by atoms with Crippen LogP contribution in [0.25, 0.3) is 11.0 Å². The summed E-state index contributed by atoms with van der Waals surface area (Å²) in [6.45, 7) is 10.0. The number of aryl methyl sites for hydroxylation is 1. The van der Waals surface area contributed by atoms with Crippen molar-refractivity contribution in [2.45, 2.75) is 52.5 Å². The lowest BCUT2D eigenvalue weighted by atomic mass is 9.95. The van der Waals surface area contributed by atoms with Gasteiger partial charge in [-0.15, -0.1) is 0 Å². The standard InChI is InChI=1S/C20H28N2O2/c1-12(2)17-8-18-16(11-24-19(18)5-13(17)3)7-20(23)22-10-15(9-21)6-14(22)4/h5,8,11-12,14-15H,6-7,9-10,21H2,1-4H3. The smallest absolute Gasteiger partial charge is 0.227 e. The Kier molecular flexibility index (Phi) is 4.68. The van der Waals surface area contributed by atoms with E-state index in [4.69, 9.17) is 10.2 Å². The summed E-state index contributed by atoms with van der Waals surface area (Å²) < 4.78 is 5.71. The predicted molar refractivity (Wildman–Crippen MR) is 97.1 cm³/mol. The largest absolute Gasteiger partial charge is 0.464 e. The molecule has 2 aromatic rings. The molecule has 2 atom stereocenters. The lowest BCUT2D eigenvalue weighted by molar-refractivity contribution is -0.131. The molecule has 1 aromatic heterocycles. The van der Waals surface area contributed by atoms with Gasteiger partial charge in [0.1, 0.15) is 5.58 Å². The Labute approximate surface area is 144 Å². The first kappa shape index (κ1) is 17.0. The van der Waals surface area contributed by atoms with Crippen LogP contribution in [-0.2, 0) is 11.2 Å². The molecule has 130 valence electrons. The van der Waals surface area contributed by atoms with Gasteiger partial charge in [0.15, 0.2) is 0 Å². The fourth-order valence-electron chi connectivity index (χ4n) is 3.93. The van der Waals surface area contributed by atoms with Crippen LogP contribution in [-0.4, -0.2) is 29.9 Å². The zero-order valence-electron chi connectivity index (χ0n) is 15.1. The SMILES string of the molecule is Cc1cc2occ(CC(=O)N3CC(CN)CC3C)c2cc1C(C)C. The highest BCUT2D eigenvalue weighted by atomic mass is 16.3. The molecule has 1 aliphatic heterocycles. The number of hydrogen-bond acceptors (Lipinski definition) is 3. The van der Waals surface area contributed by atoms with E-state index in [1.807, 2.05) is 4.90 Å². The van der Waals surface area contributed by atoms with Gasteiger partial charge < -0.3 is 15.1 Å². The highest BCUT2D eigenvalue weighted by Crippen LogP contribution is 2.30. The van der Waals surface area contributed by atoms with Crippen LogP contribution in [0.1, 0.15) is 49.8 Å². The number of benzene rings is 1. The van der Waals surface area contributed by atoms with Crippen molar-refractivity contribution in [3.8, 4) is 0 Å². The summed E-state index contributed by atoms with van der Waals surface area (Å²) in [5, 5.41) is 1.07. The third-order valence-corrected chi connectivity index (χ3v) is 5.32. The maximum absolute atomic E-state index is 12.8. The van der Waals surface area contributed by atoms with Crippen LogP contribution in [0, 0.1) is 12.8 Å². The molecule has 2 unspecified atom stereocenters. The van der Waals surface area contributed by atoms with E-state index in [0.717, 1.165) is 29.5 Å². The van der Waals surface area contributed by atoms with E-state index in [9.17, 15) is 4.79 Å². The predicted octanol–water partition coefficient (Wildman–Crippen LogP) is 3.60. The number of furan rings is 1. The van der Waals surface area contributed by atoms with Gasteiger partial charge in [0.25, 0.3) is 0 Å². The van der Waals surface area contributed by atoms with Crippen molar-refractivity contribution in [3.05, 3.63) is 35.1 Å². The van der Waals surface area contributed by atoms with Gasteiger partial charge in [-0.2, -0.15) is 0 Å². The molecule has 0 bridgehead atoms. The van der Waals surface area contributed by atoms with Crippen LogP contribution in [0.15, 0.2) is 22.8 Å². The van der Waals surface area contributed by atoms with E-state index < -0.39 is 0 Å². The molecule has 4 nitrogen and oxygen atoms in total. The maximum Gasteiger partial charge on any atom is 0.227 e. The Hall–Kier alpha value is -1.81. The van der Waals surface area contributed by atoms with E-state index in [0.29, 0.717) is 24.8 Å². The average Bonchev–Trinajstić information content (AvgIpc) is 3.09. The topological polar surface area (TPSA) is 59.5 Å². The summed E-state index contributed by atoms with van der Waals surface area (Å²) in [6, 6.07) is 4.55. The number of amides is 1. The highest BCUT2D eigenvalue weighted by Gasteiger charge is 2.31. The van der Waals surface area contributed by atoms with Gasteiger partial charge in [-0.25, -0.2) is 0 Å². The quantitative estimate of drug-likeness (QED) is 0.933. The number of fused-ring (bicyclic) bond motifs is 1. The van der Waals surface area contributed by atoms with Crippen molar-refractivity contribution in [1.82, 2.24) is 4.90 Å². The van der Waals surface area contributed by atoms with Crippen molar-refractivity contribution >= 4 is 16.9 Å². The fourth-order valence-corrected chi connectivity index (χ4v) is 3.93. The Morgan fingerprint density at radius 1 is 1.42 bits per heavy atom. The van der Waals surface area contributed by atoms with Gasteiger partial charge in [0.05, 0.1) is 12.7 Å². The van der Waals surface area contributed by atoms with Gasteiger partial charge in [0.2, 0.25) is 5.91 Å². The lowest BCUT2D eigenvalue weighted by Crippen LogP contribution is -2.35. The van der Waals surface area contributed by atoms with Crippen LogP contribution < -0.4 is 5.73 Å². The molecular weight excluding hydrogens is 300 g/mol. The third-order valence-electron chi connectivity index (χ3n) is 5.32. The molecule has 0 saturated carbocycles. The van der Waals surface area contributed by atoms with Crippen molar-refractivity contribution in [1.29, 1.82) is 0 Å². The normalized spacial score (nSPS) is 21.2. The molecule has 1 saturated heterocycles. The zero-order valence-corrected chi connectivity index (χ0v) is 15.1.